The highest BCUT2D eigenvalue weighted by molar-refractivity contribution is 6.31. The highest BCUT2D eigenvalue weighted by Gasteiger charge is 2.31. The smallest absolute Gasteiger partial charge is 0.273 e. The van der Waals surface area contributed by atoms with E-state index in [1.165, 1.54) is 7.05 Å². The first-order chi connectivity index (χ1) is 11.7. The molecule has 5 nitrogen and oxygen atoms in total. The Kier molecular flexibility index (Phi) is 5.63. The van der Waals surface area contributed by atoms with Crippen molar-refractivity contribution < 1.29 is 22.8 Å². The van der Waals surface area contributed by atoms with Crippen LogP contribution in [-0.4, -0.2) is 28.9 Å². The Bertz CT molecular complexity index is 782. The zero-order valence-electron chi connectivity index (χ0n) is 13.0. The maximum absolute atomic E-state index is 12.6. The van der Waals surface area contributed by atoms with Crippen molar-refractivity contribution in [2.75, 3.05) is 7.05 Å². The summed E-state index contributed by atoms with van der Waals surface area (Å²) in [6.45, 7) is 0. The lowest BCUT2D eigenvalue weighted by Gasteiger charge is -2.18. The number of benzene rings is 1. The molecule has 132 valence electrons. The molecule has 0 aliphatic rings. The van der Waals surface area contributed by atoms with E-state index in [2.05, 4.69) is 10.4 Å². The minimum Gasteiger partial charge on any atom is -0.273 e. The third-order valence-electron chi connectivity index (χ3n) is 3.19. The molecule has 0 fully saturated rings. The number of alkyl halides is 3. The van der Waals surface area contributed by atoms with Crippen LogP contribution in [0.15, 0.2) is 42.6 Å². The van der Waals surface area contributed by atoms with E-state index < -0.39 is 23.6 Å². The predicted octanol–water partition coefficient (Wildman–Crippen LogP) is 3.10. The number of amides is 2. The van der Waals surface area contributed by atoms with Gasteiger partial charge < -0.3 is 0 Å². The molecule has 25 heavy (non-hydrogen) atoms. The number of pyridine rings is 1. The Balaban J connectivity index is 2.02. The van der Waals surface area contributed by atoms with Crippen LogP contribution >= 0.6 is 11.6 Å². The minimum absolute atomic E-state index is 0.0206. The summed E-state index contributed by atoms with van der Waals surface area (Å²) in [4.78, 5) is 27.6. The van der Waals surface area contributed by atoms with E-state index in [4.69, 9.17) is 11.6 Å². The van der Waals surface area contributed by atoms with Gasteiger partial charge in [-0.25, -0.2) is 0 Å². The molecule has 0 saturated carbocycles. The van der Waals surface area contributed by atoms with Crippen LogP contribution in [-0.2, 0) is 17.4 Å². The number of aromatic nitrogens is 1. The summed E-state index contributed by atoms with van der Waals surface area (Å²) in [6.07, 6.45) is -4.34. The molecule has 1 N–H and O–H groups in total. The summed E-state index contributed by atoms with van der Waals surface area (Å²) in [6, 6.07) is 8.96. The molecule has 0 atom stereocenters. The Hall–Kier alpha value is -2.61. The molecule has 2 amide bonds. The lowest BCUT2D eigenvalue weighted by molar-refractivity contribution is -0.137. The van der Waals surface area contributed by atoms with Crippen molar-refractivity contribution in [3.05, 3.63) is 64.4 Å². The van der Waals surface area contributed by atoms with Gasteiger partial charge in [-0.1, -0.05) is 29.8 Å². The van der Waals surface area contributed by atoms with E-state index in [0.717, 1.165) is 5.01 Å². The molecule has 1 aromatic heterocycles. The number of nitrogens with one attached hydrogen (secondary N) is 1. The molecule has 0 bridgehead atoms. The monoisotopic (exact) mass is 371 g/mol. The van der Waals surface area contributed by atoms with Gasteiger partial charge in [0.1, 0.15) is 0 Å². The van der Waals surface area contributed by atoms with Crippen molar-refractivity contribution in [1.82, 2.24) is 15.4 Å². The second kappa shape index (κ2) is 7.52. The number of hydrogen-bond acceptors (Lipinski definition) is 3. The predicted molar refractivity (Wildman–Crippen MR) is 84.6 cm³/mol. The van der Waals surface area contributed by atoms with Crippen molar-refractivity contribution in [3.63, 3.8) is 0 Å². The first-order valence-electron chi connectivity index (χ1n) is 7.02. The fraction of sp³-hybridized carbons (Fsp3) is 0.188. The molecule has 9 heteroatoms. The van der Waals surface area contributed by atoms with E-state index in [-0.39, 0.29) is 17.1 Å². The summed E-state index contributed by atoms with van der Waals surface area (Å²) < 4.78 is 37.7. The molecule has 0 aliphatic heterocycles. The molecule has 0 saturated heterocycles. The average Bonchev–Trinajstić information content (AvgIpc) is 2.55. The van der Waals surface area contributed by atoms with Crippen molar-refractivity contribution in [1.29, 1.82) is 0 Å². The summed E-state index contributed by atoms with van der Waals surface area (Å²) >= 11 is 5.75. The van der Waals surface area contributed by atoms with Crippen LogP contribution in [0.4, 0.5) is 13.2 Å². The Morgan fingerprint density at radius 3 is 2.44 bits per heavy atom. The van der Waals surface area contributed by atoms with E-state index in [9.17, 15) is 22.8 Å². The fourth-order valence-electron chi connectivity index (χ4n) is 1.96. The van der Waals surface area contributed by atoms with Gasteiger partial charge in [0.25, 0.3) is 5.91 Å². The molecular formula is C16H13ClF3N3O2. The second-order valence-electron chi connectivity index (χ2n) is 5.09. The van der Waals surface area contributed by atoms with E-state index in [1.807, 2.05) is 0 Å². The van der Waals surface area contributed by atoms with Gasteiger partial charge in [-0.05, 0) is 18.2 Å². The normalized spacial score (nSPS) is 11.1. The zero-order chi connectivity index (χ0) is 18.6. The van der Waals surface area contributed by atoms with Gasteiger partial charge in [0.2, 0.25) is 5.91 Å². The summed E-state index contributed by atoms with van der Waals surface area (Å²) in [5, 5.41) is 0.706. The molecule has 0 aliphatic carbocycles. The quantitative estimate of drug-likeness (QED) is 0.843. The van der Waals surface area contributed by atoms with Gasteiger partial charge in [-0.3, -0.25) is 25.0 Å². The number of carbonyl (C=O) groups is 2. The lowest BCUT2D eigenvalue weighted by Crippen LogP contribution is -2.44. The second-order valence-corrected chi connectivity index (χ2v) is 5.50. The standard InChI is InChI=1S/C16H13ClF3N3O2/c1-23(15(25)10-5-3-2-4-6-10)22-14(24)8-13-12(17)7-11(9-21-13)16(18,19)20/h2-7,9H,8H2,1H3,(H,22,24). The Morgan fingerprint density at radius 2 is 1.88 bits per heavy atom. The molecule has 2 aromatic rings. The summed E-state index contributed by atoms with van der Waals surface area (Å²) in [7, 11) is 1.36. The number of hydrogen-bond donors (Lipinski definition) is 1. The van der Waals surface area contributed by atoms with Crippen LogP contribution in [0.2, 0.25) is 5.02 Å². The highest BCUT2D eigenvalue weighted by atomic mass is 35.5. The average molecular weight is 372 g/mol. The van der Waals surface area contributed by atoms with Crippen LogP contribution < -0.4 is 5.43 Å². The van der Waals surface area contributed by atoms with Crippen LogP contribution in [0.25, 0.3) is 0 Å². The van der Waals surface area contributed by atoms with Gasteiger partial charge in [-0.15, -0.1) is 0 Å². The van der Waals surface area contributed by atoms with Crippen molar-refractivity contribution >= 4 is 23.4 Å². The van der Waals surface area contributed by atoms with Crippen LogP contribution in [0.5, 0.6) is 0 Å². The number of carbonyl (C=O) groups excluding carboxylic acids is 2. The number of nitrogens with zero attached hydrogens (tertiary/aromatic N) is 2. The van der Waals surface area contributed by atoms with E-state index in [0.29, 0.717) is 17.8 Å². The SMILES string of the molecule is CN(NC(=O)Cc1ncc(C(F)(F)F)cc1Cl)C(=O)c1ccccc1. The largest absolute Gasteiger partial charge is 0.417 e. The first-order valence-corrected chi connectivity index (χ1v) is 7.40. The van der Waals surface area contributed by atoms with E-state index >= 15 is 0 Å². The van der Waals surface area contributed by atoms with Gasteiger partial charge in [-0.2, -0.15) is 13.2 Å². The van der Waals surface area contributed by atoms with Gasteiger partial charge in [0, 0.05) is 18.8 Å². The zero-order valence-corrected chi connectivity index (χ0v) is 13.7. The van der Waals surface area contributed by atoms with Crippen molar-refractivity contribution in [2.24, 2.45) is 0 Å². The van der Waals surface area contributed by atoms with E-state index in [1.54, 1.807) is 30.3 Å². The number of halogens is 4. The maximum Gasteiger partial charge on any atom is 0.417 e. The lowest BCUT2D eigenvalue weighted by atomic mass is 10.2. The third-order valence-corrected chi connectivity index (χ3v) is 3.52. The summed E-state index contributed by atoms with van der Waals surface area (Å²) in [5.41, 5.74) is 1.67. The topological polar surface area (TPSA) is 62.3 Å². The molecule has 0 unspecified atom stereocenters. The van der Waals surface area contributed by atoms with Crippen LogP contribution in [0.1, 0.15) is 21.6 Å². The third kappa shape index (κ3) is 4.93. The minimum atomic E-state index is -4.57. The molecule has 1 aromatic carbocycles. The molecule has 2 rings (SSSR count). The number of rotatable bonds is 3. The van der Waals surface area contributed by atoms with Crippen LogP contribution in [0.3, 0.4) is 0 Å². The molecular weight excluding hydrogens is 359 g/mol. The van der Waals surface area contributed by atoms with Crippen LogP contribution in [0, 0.1) is 0 Å². The van der Waals surface area contributed by atoms with Gasteiger partial charge in [0.15, 0.2) is 0 Å². The molecule has 0 radical (unpaired) electrons. The van der Waals surface area contributed by atoms with Crippen molar-refractivity contribution in [2.45, 2.75) is 12.6 Å². The Labute approximate surface area is 146 Å². The first kappa shape index (κ1) is 18.7. The Morgan fingerprint density at radius 1 is 1.24 bits per heavy atom. The van der Waals surface area contributed by atoms with Crippen molar-refractivity contribution in [3.8, 4) is 0 Å². The molecule has 1 heterocycles. The van der Waals surface area contributed by atoms with Gasteiger partial charge >= 0.3 is 6.18 Å². The highest BCUT2D eigenvalue weighted by Crippen LogP contribution is 2.31. The summed E-state index contributed by atoms with van der Waals surface area (Å²) in [5.74, 6) is -1.08. The fourth-order valence-corrected chi connectivity index (χ4v) is 2.19. The molecule has 0 spiro atoms. The van der Waals surface area contributed by atoms with Gasteiger partial charge in [0.05, 0.1) is 22.7 Å². The maximum atomic E-state index is 12.6. The number of hydrazine groups is 1.